The predicted octanol–water partition coefficient (Wildman–Crippen LogP) is 3.41. The molecule has 0 bridgehead atoms. The summed E-state index contributed by atoms with van der Waals surface area (Å²) in [5, 5.41) is 0. The third-order valence-corrected chi connectivity index (χ3v) is 3.36. The van der Waals surface area contributed by atoms with Crippen LogP contribution in [-0.2, 0) is 0 Å². The van der Waals surface area contributed by atoms with Gasteiger partial charge >= 0.3 is 0 Å². The molecule has 0 atom stereocenters. The van der Waals surface area contributed by atoms with Crippen LogP contribution in [0.5, 0.6) is 5.75 Å². The standard InChI is InChI=1S/C14H23BrN2O/c1-14(2,16)8-5-9-17(3)12-10-11(15)6-7-13(12)18-4/h6-7,10H,5,8-9,16H2,1-4H3. The molecule has 0 aliphatic carbocycles. The summed E-state index contributed by atoms with van der Waals surface area (Å²) >= 11 is 3.49. The molecule has 2 N–H and O–H groups in total. The number of hydrogen-bond acceptors (Lipinski definition) is 3. The molecule has 3 nitrogen and oxygen atoms in total. The van der Waals surface area contributed by atoms with E-state index in [0.29, 0.717) is 0 Å². The summed E-state index contributed by atoms with van der Waals surface area (Å²) in [6.07, 6.45) is 2.07. The smallest absolute Gasteiger partial charge is 0.142 e. The Morgan fingerprint density at radius 2 is 2.06 bits per heavy atom. The Balaban J connectivity index is 2.66. The van der Waals surface area contributed by atoms with Gasteiger partial charge in [-0.25, -0.2) is 0 Å². The molecule has 0 spiro atoms. The van der Waals surface area contributed by atoms with Crippen LogP contribution in [0.3, 0.4) is 0 Å². The summed E-state index contributed by atoms with van der Waals surface area (Å²) in [6.45, 7) is 5.09. The zero-order valence-corrected chi connectivity index (χ0v) is 13.3. The summed E-state index contributed by atoms with van der Waals surface area (Å²) in [5.41, 5.74) is 6.99. The highest BCUT2D eigenvalue weighted by Crippen LogP contribution is 2.30. The van der Waals surface area contributed by atoms with Crippen LogP contribution in [0.1, 0.15) is 26.7 Å². The van der Waals surface area contributed by atoms with Crippen molar-refractivity contribution in [2.24, 2.45) is 5.73 Å². The zero-order chi connectivity index (χ0) is 13.8. The fraction of sp³-hybridized carbons (Fsp3) is 0.571. The van der Waals surface area contributed by atoms with Crippen LogP contribution in [0, 0.1) is 0 Å². The van der Waals surface area contributed by atoms with Crippen LogP contribution >= 0.6 is 15.9 Å². The molecule has 1 aromatic carbocycles. The summed E-state index contributed by atoms with van der Waals surface area (Å²) in [6, 6.07) is 6.04. The number of ether oxygens (including phenoxy) is 1. The number of anilines is 1. The molecule has 0 aliphatic heterocycles. The topological polar surface area (TPSA) is 38.5 Å². The second-order valence-electron chi connectivity index (χ2n) is 5.33. The van der Waals surface area contributed by atoms with Gasteiger partial charge in [-0.15, -0.1) is 0 Å². The number of rotatable bonds is 6. The van der Waals surface area contributed by atoms with Gasteiger partial charge in [0.1, 0.15) is 5.75 Å². The van der Waals surface area contributed by atoms with Crippen molar-refractivity contribution in [2.75, 3.05) is 25.6 Å². The van der Waals surface area contributed by atoms with Crippen LogP contribution in [0.2, 0.25) is 0 Å². The van der Waals surface area contributed by atoms with E-state index in [4.69, 9.17) is 10.5 Å². The van der Waals surface area contributed by atoms with Gasteiger partial charge in [0, 0.05) is 23.6 Å². The number of nitrogens with two attached hydrogens (primary N) is 1. The second-order valence-corrected chi connectivity index (χ2v) is 6.25. The van der Waals surface area contributed by atoms with Crippen LogP contribution in [-0.4, -0.2) is 26.2 Å². The molecule has 0 heterocycles. The summed E-state index contributed by atoms with van der Waals surface area (Å²) < 4.78 is 6.44. The van der Waals surface area contributed by atoms with E-state index in [1.165, 1.54) is 0 Å². The van der Waals surface area contributed by atoms with Gasteiger partial charge in [0.15, 0.2) is 0 Å². The van der Waals surface area contributed by atoms with Crippen molar-refractivity contribution in [3.05, 3.63) is 22.7 Å². The highest BCUT2D eigenvalue weighted by atomic mass is 79.9. The van der Waals surface area contributed by atoms with Gasteiger partial charge in [-0.2, -0.15) is 0 Å². The first-order chi connectivity index (χ1) is 8.33. The van der Waals surface area contributed by atoms with Gasteiger partial charge in [0.05, 0.1) is 12.8 Å². The number of benzene rings is 1. The van der Waals surface area contributed by atoms with Gasteiger partial charge in [0.25, 0.3) is 0 Å². The molecule has 0 fully saturated rings. The Hall–Kier alpha value is -0.740. The fourth-order valence-corrected chi connectivity index (χ4v) is 2.20. The average molecular weight is 315 g/mol. The Morgan fingerprint density at radius 1 is 1.39 bits per heavy atom. The molecule has 18 heavy (non-hydrogen) atoms. The van der Waals surface area contributed by atoms with Crippen LogP contribution in [0.15, 0.2) is 22.7 Å². The monoisotopic (exact) mass is 314 g/mol. The third kappa shape index (κ3) is 4.86. The molecule has 4 heteroatoms. The van der Waals surface area contributed by atoms with E-state index in [2.05, 4.69) is 47.8 Å². The lowest BCUT2D eigenvalue weighted by Gasteiger charge is -2.24. The van der Waals surface area contributed by atoms with E-state index in [0.717, 1.165) is 35.3 Å². The third-order valence-electron chi connectivity index (χ3n) is 2.87. The van der Waals surface area contributed by atoms with Crippen molar-refractivity contribution in [3.63, 3.8) is 0 Å². The Morgan fingerprint density at radius 3 is 2.61 bits per heavy atom. The number of halogens is 1. The number of methoxy groups -OCH3 is 1. The van der Waals surface area contributed by atoms with E-state index >= 15 is 0 Å². The van der Waals surface area contributed by atoms with E-state index in [-0.39, 0.29) is 5.54 Å². The van der Waals surface area contributed by atoms with Crippen LogP contribution in [0.4, 0.5) is 5.69 Å². The minimum atomic E-state index is -0.0950. The first kappa shape index (κ1) is 15.3. The van der Waals surface area contributed by atoms with E-state index in [9.17, 15) is 0 Å². The maximum Gasteiger partial charge on any atom is 0.142 e. The average Bonchev–Trinajstić information content (AvgIpc) is 2.27. The van der Waals surface area contributed by atoms with E-state index in [1.54, 1.807) is 7.11 Å². The van der Waals surface area contributed by atoms with E-state index in [1.807, 2.05) is 12.1 Å². The molecule has 0 amide bonds. The minimum Gasteiger partial charge on any atom is -0.495 e. The first-order valence-electron chi connectivity index (χ1n) is 6.17. The fourth-order valence-electron chi connectivity index (χ4n) is 1.85. The molecule has 0 radical (unpaired) electrons. The largest absolute Gasteiger partial charge is 0.495 e. The predicted molar refractivity (Wildman–Crippen MR) is 81.5 cm³/mol. The number of hydrogen-bond donors (Lipinski definition) is 1. The van der Waals surface area contributed by atoms with Gasteiger partial charge in [-0.1, -0.05) is 15.9 Å². The maximum absolute atomic E-state index is 5.99. The lowest BCUT2D eigenvalue weighted by atomic mass is 10.00. The second kappa shape index (κ2) is 6.43. The lowest BCUT2D eigenvalue weighted by molar-refractivity contribution is 0.414. The summed E-state index contributed by atoms with van der Waals surface area (Å²) in [7, 11) is 3.78. The Kier molecular flexibility index (Phi) is 5.47. The van der Waals surface area contributed by atoms with Crippen molar-refractivity contribution in [2.45, 2.75) is 32.2 Å². The SMILES string of the molecule is COc1ccc(Br)cc1N(C)CCCC(C)(C)N. The maximum atomic E-state index is 5.99. The highest BCUT2D eigenvalue weighted by Gasteiger charge is 2.12. The van der Waals surface area contributed by atoms with Crippen molar-refractivity contribution >= 4 is 21.6 Å². The molecule has 0 unspecified atom stereocenters. The van der Waals surface area contributed by atoms with Crippen LogP contribution < -0.4 is 15.4 Å². The zero-order valence-electron chi connectivity index (χ0n) is 11.7. The normalized spacial score (nSPS) is 11.4. The van der Waals surface area contributed by atoms with Crippen molar-refractivity contribution in [1.29, 1.82) is 0 Å². The molecular formula is C14H23BrN2O. The van der Waals surface area contributed by atoms with Crippen molar-refractivity contribution in [3.8, 4) is 5.75 Å². The molecular weight excluding hydrogens is 292 g/mol. The van der Waals surface area contributed by atoms with Gasteiger partial charge < -0.3 is 15.4 Å². The molecule has 0 saturated carbocycles. The molecule has 0 saturated heterocycles. The van der Waals surface area contributed by atoms with Gasteiger partial charge in [-0.05, 0) is 44.9 Å². The van der Waals surface area contributed by atoms with Crippen molar-refractivity contribution in [1.82, 2.24) is 0 Å². The molecule has 102 valence electrons. The molecule has 0 aromatic heterocycles. The highest BCUT2D eigenvalue weighted by molar-refractivity contribution is 9.10. The quantitative estimate of drug-likeness (QED) is 0.874. The number of nitrogens with zero attached hydrogens (tertiary/aromatic N) is 1. The van der Waals surface area contributed by atoms with Gasteiger partial charge in [-0.3, -0.25) is 0 Å². The molecule has 1 aromatic rings. The summed E-state index contributed by atoms with van der Waals surface area (Å²) in [5.74, 6) is 0.896. The van der Waals surface area contributed by atoms with Gasteiger partial charge in [0.2, 0.25) is 0 Å². The van der Waals surface area contributed by atoms with Crippen molar-refractivity contribution < 1.29 is 4.74 Å². The first-order valence-corrected chi connectivity index (χ1v) is 6.96. The summed E-state index contributed by atoms with van der Waals surface area (Å²) in [4.78, 5) is 2.20. The Bertz CT molecular complexity index is 388. The molecule has 1 rings (SSSR count). The van der Waals surface area contributed by atoms with Crippen LogP contribution in [0.25, 0.3) is 0 Å². The molecule has 0 aliphatic rings. The minimum absolute atomic E-state index is 0.0950. The van der Waals surface area contributed by atoms with E-state index < -0.39 is 0 Å². The lowest BCUT2D eigenvalue weighted by Crippen LogP contribution is -2.33. The Labute approximate surface area is 118 Å².